The third-order valence-corrected chi connectivity index (χ3v) is 3.43. The van der Waals surface area contributed by atoms with E-state index in [1.54, 1.807) is 0 Å². The summed E-state index contributed by atoms with van der Waals surface area (Å²) in [6.45, 7) is 6.55. The Hall–Kier alpha value is -1.31. The maximum absolute atomic E-state index is 11.8. The highest BCUT2D eigenvalue weighted by Crippen LogP contribution is 2.28. The van der Waals surface area contributed by atoms with Gasteiger partial charge in [0.15, 0.2) is 0 Å². The predicted octanol–water partition coefficient (Wildman–Crippen LogP) is 3.63. The molecular weight excluding hydrogens is 212 g/mol. The van der Waals surface area contributed by atoms with Gasteiger partial charge in [0.2, 0.25) is 0 Å². The number of hydrogen-bond donors (Lipinski definition) is 0. The van der Waals surface area contributed by atoms with Gasteiger partial charge in [-0.05, 0) is 23.8 Å². The molecule has 17 heavy (non-hydrogen) atoms. The van der Waals surface area contributed by atoms with Crippen LogP contribution in [0.3, 0.4) is 0 Å². The van der Waals surface area contributed by atoms with E-state index in [2.05, 4.69) is 20.8 Å². The molecule has 0 saturated heterocycles. The van der Waals surface area contributed by atoms with E-state index in [0.717, 1.165) is 12.0 Å². The summed E-state index contributed by atoms with van der Waals surface area (Å²) in [7, 11) is 1.46. The van der Waals surface area contributed by atoms with Crippen molar-refractivity contribution >= 4 is 5.97 Å². The van der Waals surface area contributed by atoms with Crippen LogP contribution in [0.4, 0.5) is 0 Å². The average molecular weight is 234 g/mol. The van der Waals surface area contributed by atoms with Crippen LogP contribution in [0.15, 0.2) is 30.3 Å². The van der Waals surface area contributed by atoms with Crippen molar-refractivity contribution < 1.29 is 9.53 Å². The predicted molar refractivity (Wildman–Crippen MR) is 69.8 cm³/mol. The van der Waals surface area contributed by atoms with Crippen molar-refractivity contribution in [3.63, 3.8) is 0 Å². The first-order valence-electron chi connectivity index (χ1n) is 6.19. The van der Waals surface area contributed by atoms with Crippen LogP contribution in [0.25, 0.3) is 0 Å². The van der Waals surface area contributed by atoms with Gasteiger partial charge in [-0.2, -0.15) is 0 Å². The fourth-order valence-corrected chi connectivity index (χ4v) is 1.84. The lowest BCUT2D eigenvalue weighted by Crippen LogP contribution is -2.19. The summed E-state index contributed by atoms with van der Waals surface area (Å²) in [6.07, 6.45) is 0.842. The molecule has 1 aromatic carbocycles. The van der Waals surface area contributed by atoms with E-state index in [4.69, 9.17) is 4.74 Å². The molecule has 0 spiro atoms. The SMILES string of the molecule is COC(=O)C(CC(C)C(C)C)c1ccccc1. The number of ether oxygens (including phenoxy) is 1. The maximum atomic E-state index is 11.8. The minimum absolute atomic E-state index is 0.135. The summed E-state index contributed by atoms with van der Waals surface area (Å²) < 4.78 is 4.91. The number of carbonyl (C=O) groups excluding carboxylic acids is 1. The van der Waals surface area contributed by atoms with Crippen molar-refractivity contribution in [1.29, 1.82) is 0 Å². The van der Waals surface area contributed by atoms with Crippen molar-refractivity contribution in [2.45, 2.75) is 33.1 Å². The molecule has 2 heteroatoms. The van der Waals surface area contributed by atoms with E-state index in [1.807, 2.05) is 30.3 Å². The van der Waals surface area contributed by atoms with Gasteiger partial charge in [-0.3, -0.25) is 4.79 Å². The van der Waals surface area contributed by atoms with Crippen LogP contribution in [-0.2, 0) is 9.53 Å². The molecule has 0 saturated carbocycles. The lowest BCUT2D eigenvalue weighted by atomic mass is 9.84. The van der Waals surface area contributed by atoms with Crippen LogP contribution in [0, 0.1) is 11.8 Å². The average Bonchev–Trinajstić information content (AvgIpc) is 2.35. The van der Waals surface area contributed by atoms with E-state index in [1.165, 1.54) is 7.11 Å². The molecule has 0 fully saturated rings. The van der Waals surface area contributed by atoms with Crippen LogP contribution in [0.5, 0.6) is 0 Å². The van der Waals surface area contributed by atoms with Gasteiger partial charge >= 0.3 is 5.97 Å². The second kappa shape index (κ2) is 6.43. The number of carbonyl (C=O) groups is 1. The van der Waals surface area contributed by atoms with Gasteiger partial charge in [0, 0.05) is 0 Å². The Kier molecular flexibility index (Phi) is 5.20. The molecule has 1 aromatic rings. The van der Waals surface area contributed by atoms with Gasteiger partial charge in [0.05, 0.1) is 13.0 Å². The Balaban J connectivity index is 2.86. The third-order valence-electron chi connectivity index (χ3n) is 3.43. The van der Waals surface area contributed by atoms with Gasteiger partial charge in [0.25, 0.3) is 0 Å². The monoisotopic (exact) mass is 234 g/mol. The lowest BCUT2D eigenvalue weighted by Gasteiger charge is -2.21. The molecule has 0 aliphatic heterocycles. The molecule has 0 radical (unpaired) electrons. The molecule has 2 nitrogen and oxygen atoms in total. The zero-order valence-corrected chi connectivity index (χ0v) is 11.1. The Bertz CT molecular complexity index is 343. The Labute approximate surface area is 104 Å². The third kappa shape index (κ3) is 3.88. The van der Waals surface area contributed by atoms with Crippen molar-refractivity contribution in [1.82, 2.24) is 0 Å². The molecular formula is C15H22O2. The van der Waals surface area contributed by atoms with Crippen LogP contribution in [0.1, 0.15) is 38.7 Å². The molecule has 0 bridgehead atoms. The second-order valence-corrected chi connectivity index (χ2v) is 4.94. The van der Waals surface area contributed by atoms with Crippen molar-refractivity contribution in [3.8, 4) is 0 Å². The Morgan fingerprint density at radius 1 is 1.18 bits per heavy atom. The van der Waals surface area contributed by atoms with E-state index in [0.29, 0.717) is 11.8 Å². The minimum Gasteiger partial charge on any atom is -0.469 e. The van der Waals surface area contributed by atoms with E-state index >= 15 is 0 Å². The molecule has 2 atom stereocenters. The molecule has 0 heterocycles. The number of methoxy groups -OCH3 is 1. The largest absolute Gasteiger partial charge is 0.469 e. The summed E-state index contributed by atoms with van der Waals surface area (Å²) in [5.74, 6) is 0.799. The smallest absolute Gasteiger partial charge is 0.313 e. The van der Waals surface area contributed by atoms with Crippen LogP contribution in [-0.4, -0.2) is 13.1 Å². The van der Waals surface area contributed by atoms with Crippen LogP contribution in [0.2, 0.25) is 0 Å². The minimum atomic E-state index is -0.140. The number of hydrogen-bond acceptors (Lipinski definition) is 2. The molecule has 0 aliphatic rings. The quantitative estimate of drug-likeness (QED) is 0.727. The van der Waals surface area contributed by atoms with Crippen molar-refractivity contribution in [2.75, 3.05) is 7.11 Å². The summed E-state index contributed by atoms with van der Waals surface area (Å²) in [5, 5.41) is 0. The molecule has 0 aliphatic carbocycles. The number of rotatable bonds is 5. The molecule has 0 amide bonds. The first-order valence-corrected chi connectivity index (χ1v) is 6.19. The van der Waals surface area contributed by atoms with E-state index in [-0.39, 0.29) is 11.9 Å². The molecule has 1 rings (SSSR count). The zero-order valence-electron chi connectivity index (χ0n) is 11.1. The van der Waals surface area contributed by atoms with Crippen molar-refractivity contribution in [2.24, 2.45) is 11.8 Å². The van der Waals surface area contributed by atoms with Crippen LogP contribution >= 0.6 is 0 Å². The topological polar surface area (TPSA) is 26.3 Å². The summed E-state index contributed by atoms with van der Waals surface area (Å²) >= 11 is 0. The highest BCUT2D eigenvalue weighted by Gasteiger charge is 2.24. The molecule has 94 valence electrons. The Morgan fingerprint density at radius 2 is 1.76 bits per heavy atom. The Morgan fingerprint density at radius 3 is 2.24 bits per heavy atom. The van der Waals surface area contributed by atoms with Gasteiger partial charge in [0.1, 0.15) is 0 Å². The molecule has 2 unspecified atom stereocenters. The fraction of sp³-hybridized carbons (Fsp3) is 0.533. The van der Waals surface area contributed by atoms with Crippen molar-refractivity contribution in [3.05, 3.63) is 35.9 Å². The van der Waals surface area contributed by atoms with Gasteiger partial charge in [-0.15, -0.1) is 0 Å². The highest BCUT2D eigenvalue weighted by molar-refractivity contribution is 5.78. The van der Waals surface area contributed by atoms with E-state index < -0.39 is 0 Å². The highest BCUT2D eigenvalue weighted by atomic mass is 16.5. The van der Waals surface area contributed by atoms with Gasteiger partial charge in [-0.25, -0.2) is 0 Å². The van der Waals surface area contributed by atoms with Gasteiger partial charge in [-0.1, -0.05) is 51.1 Å². The molecule has 0 aromatic heterocycles. The summed E-state index contributed by atoms with van der Waals surface area (Å²) in [4.78, 5) is 11.8. The summed E-state index contributed by atoms with van der Waals surface area (Å²) in [6, 6.07) is 9.88. The summed E-state index contributed by atoms with van der Waals surface area (Å²) in [5.41, 5.74) is 1.05. The second-order valence-electron chi connectivity index (χ2n) is 4.94. The normalized spacial score (nSPS) is 14.4. The van der Waals surface area contributed by atoms with Crippen LogP contribution < -0.4 is 0 Å². The van der Waals surface area contributed by atoms with Gasteiger partial charge < -0.3 is 4.74 Å². The van der Waals surface area contributed by atoms with E-state index in [9.17, 15) is 4.79 Å². The molecule has 0 N–H and O–H groups in total. The fourth-order valence-electron chi connectivity index (χ4n) is 1.84. The lowest BCUT2D eigenvalue weighted by molar-refractivity contribution is -0.143. The number of benzene rings is 1. The number of esters is 1. The standard InChI is InChI=1S/C15H22O2/c1-11(2)12(3)10-14(15(16)17-4)13-8-6-5-7-9-13/h5-9,11-12,14H,10H2,1-4H3. The zero-order chi connectivity index (χ0) is 12.8. The maximum Gasteiger partial charge on any atom is 0.313 e. The first kappa shape index (κ1) is 13.8. The first-order chi connectivity index (χ1) is 8.06.